The molecular weight excluding hydrogens is 375 g/mol. The fraction of sp³-hybridized carbons (Fsp3) is 0.381. The van der Waals surface area contributed by atoms with Crippen LogP contribution in [0.2, 0.25) is 0 Å². The van der Waals surface area contributed by atoms with Crippen LogP contribution < -0.4 is 0 Å². The maximum Gasteiger partial charge on any atom is 0.295 e. The van der Waals surface area contributed by atoms with Crippen LogP contribution in [-0.2, 0) is 16.6 Å². The molecule has 1 atom stereocenters. The normalized spacial score (nSPS) is 18.9. The molecule has 0 saturated carbocycles. The van der Waals surface area contributed by atoms with Gasteiger partial charge in [0.15, 0.2) is 0 Å². The largest absolute Gasteiger partial charge is 0.507 e. The van der Waals surface area contributed by atoms with Crippen molar-refractivity contribution < 1.29 is 19.1 Å². The van der Waals surface area contributed by atoms with Crippen molar-refractivity contribution in [2.75, 3.05) is 27.2 Å². The van der Waals surface area contributed by atoms with Gasteiger partial charge in [-0.25, -0.2) is 4.39 Å². The highest BCUT2D eigenvalue weighted by Crippen LogP contribution is 2.40. The molecule has 0 aliphatic carbocycles. The number of likely N-dealkylation sites (N-methyl/N-ethyl adjacent to an activating group) is 1. The van der Waals surface area contributed by atoms with Crippen molar-refractivity contribution in [1.29, 1.82) is 0 Å². The lowest BCUT2D eigenvalue weighted by Crippen LogP contribution is -2.35. The lowest BCUT2D eigenvalue weighted by Gasteiger charge is -2.26. The summed E-state index contributed by atoms with van der Waals surface area (Å²) in [6.07, 6.45) is 0. The van der Waals surface area contributed by atoms with E-state index in [1.54, 1.807) is 25.6 Å². The van der Waals surface area contributed by atoms with Crippen LogP contribution in [0, 0.1) is 19.7 Å². The summed E-state index contributed by atoms with van der Waals surface area (Å²) in [7, 11) is 5.48. The molecule has 1 saturated heterocycles. The van der Waals surface area contributed by atoms with Gasteiger partial charge in [-0.3, -0.25) is 14.3 Å². The molecule has 3 rings (SSSR count). The molecule has 0 spiro atoms. The number of halogens is 1. The Balaban J connectivity index is 2.20. The van der Waals surface area contributed by atoms with Crippen molar-refractivity contribution in [3.63, 3.8) is 0 Å². The van der Waals surface area contributed by atoms with Gasteiger partial charge in [0.25, 0.3) is 11.7 Å². The Kier molecular flexibility index (Phi) is 5.57. The summed E-state index contributed by atoms with van der Waals surface area (Å²) in [5.41, 5.74) is 2.23. The van der Waals surface area contributed by atoms with Crippen molar-refractivity contribution >= 4 is 17.4 Å². The molecule has 2 aromatic rings. The van der Waals surface area contributed by atoms with E-state index in [2.05, 4.69) is 5.10 Å². The van der Waals surface area contributed by atoms with Crippen LogP contribution in [0.5, 0.6) is 0 Å². The summed E-state index contributed by atoms with van der Waals surface area (Å²) in [5.74, 6) is -2.11. The van der Waals surface area contributed by atoms with E-state index >= 15 is 0 Å². The average Bonchev–Trinajstić information content (AvgIpc) is 3.06. The second-order valence-electron chi connectivity index (χ2n) is 7.52. The van der Waals surface area contributed by atoms with E-state index in [1.165, 1.54) is 29.2 Å². The molecule has 1 unspecified atom stereocenters. The monoisotopic (exact) mass is 400 g/mol. The van der Waals surface area contributed by atoms with Gasteiger partial charge in [-0.2, -0.15) is 5.10 Å². The van der Waals surface area contributed by atoms with E-state index in [1.807, 2.05) is 19.0 Å². The van der Waals surface area contributed by atoms with Crippen molar-refractivity contribution in [3.05, 3.63) is 58.2 Å². The molecule has 0 bridgehead atoms. The van der Waals surface area contributed by atoms with E-state index in [0.29, 0.717) is 35.6 Å². The molecular formula is C21H25FN4O3. The summed E-state index contributed by atoms with van der Waals surface area (Å²) in [5, 5.41) is 15.4. The summed E-state index contributed by atoms with van der Waals surface area (Å²) >= 11 is 0. The highest BCUT2D eigenvalue weighted by atomic mass is 19.1. The SMILES string of the molecule is Cc1nn(C)c(C)c1/C(O)=C1\C(=O)C(=O)N(CCN(C)C)C1c1ccc(F)cc1. The number of benzene rings is 1. The average molecular weight is 400 g/mol. The van der Waals surface area contributed by atoms with Crippen LogP contribution in [0.25, 0.3) is 5.76 Å². The van der Waals surface area contributed by atoms with Crippen LogP contribution in [0.15, 0.2) is 29.8 Å². The number of aryl methyl sites for hydroxylation is 2. The fourth-order valence-corrected chi connectivity index (χ4v) is 3.66. The maximum absolute atomic E-state index is 13.5. The molecule has 154 valence electrons. The van der Waals surface area contributed by atoms with Crippen molar-refractivity contribution in [1.82, 2.24) is 19.6 Å². The zero-order valence-electron chi connectivity index (χ0n) is 17.2. The number of aliphatic hydroxyl groups excluding tert-OH is 1. The molecule has 1 fully saturated rings. The van der Waals surface area contributed by atoms with Gasteiger partial charge in [-0.1, -0.05) is 12.1 Å². The van der Waals surface area contributed by atoms with Crippen LogP contribution in [0.3, 0.4) is 0 Å². The van der Waals surface area contributed by atoms with Gasteiger partial charge in [-0.05, 0) is 45.6 Å². The van der Waals surface area contributed by atoms with E-state index in [4.69, 9.17) is 0 Å². The fourth-order valence-electron chi connectivity index (χ4n) is 3.66. The maximum atomic E-state index is 13.5. The minimum atomic E-state index is -0.797. The third-order valence-electron chi connectivity index (χ3n) is 5.26. The molecule has 1 amide bonds. The zero-order chi connectivity index (χ0) is 21.5. The minimum absolute atomic E-state index is 0.000403. The number of nitrogens with zero attached hydrogens (tertiary/aromatic N) is 4. The Bertz CT molecular complexity index is 992. The molecule has 29 heavy (non-hydrogen) atoms. The highest BCUT2D eigenvalue weighted by Gasteiger charge is 2.46. The second-order valence-corrected chi connectivity index (χ2v) is 7.52. The standard InChI is InChI=1S/C21H25FN4O3/c1-12-16(13(2)25(5)23-12)19(27)17-18(14-6-8-15(22)9-7-14)26(11-10-24(3)4)21(29)20(17)28/h6-9,18,27H,10-11H2,1-5H3/b19-17+. The summed E-state index contributed by atoms with van der Waals surface area (Å²) in [6, 6.07) is 4.83. The van der Waals surface area contributed by atoms with E-state index in [-0.39, 0.29) is 11.3 Å². The van der Waals surface area contributed by atoms with Crippen LogP contribution in [0.1, 0.15) is 28.6 Å². The van der Waals surface area contributed by atoms with Crippen LogP contribution >= 0.6 is 0 Å². The Morgan fingerprint density at radius 3 is 2.34 bits per heavy atom. The van der Waals surface area contributed by atoms with Crippen molar-refractivity contribution in [3.8, 4) is 0 Å². The molecule has 1 N–H and O–H groups in total. The lowest BCUT2D eigenvalue weighted by atomic mass is 9.94. The summed E-state index contributed by atoms with van der Waals surface area (Å²) < 4.78 is 15.1. The van der Waals surface area contributed by atoms with E-state index in [9.17, 15) is 19.1 Å². The summed E-state index contributed by atoms with van der Waals surface area (Å²) in [4.78, 5) is 29.1. The zero-order valence-corrected chi connectivity index (χ0v) is 17.2. The molecule has 2 heterocycles. The number of likely N-dealkylation sites (tertiary alicyclic amines) is 1. The Morgan fingerprint density at radius 1 is 1.21 bits per heavy atom. The predicted octanol–water partition coefficient (Wildman–Crippen LogP) is 2.16. The number of carbonyl (C=O) groups is 2. The number of amides is 1. The lowest BCUT2D eigenvalue weighted by molar-refractivity contribution is -0.140. The van der Waals surface area contributed by atoms with Gasteiger partial charge in [0.2, 0.25) is 0 Å². The number of Topliss-reactive ketones (excluding diaryl/α,β-unsaturated/α-hetero) is 1. The van der Waals surface area contributed by atoms with Crippen molar-refractivity contribution in [2.24, 2.45) is 7.05 Å². The molecule has 8 heteroatoms. The van der Waals surface area contributed by atoms with Gasteiger partial charge in [0, 0.05) is 25.8 Å². The third kappa shape index (κ3) is 3.67. The van der Waals surface area contributed by atoms with Gasteiger partial charge in [0.05, 0.1) is 22.9 Å². The molecule has 1 aliphatic rings. The Morgan fingerprint density at radius 2 is 1.83 bits per heavy atom. The first-order valence-corrected chi connectivity index (χ1v) is 9.32. The number of aliphatic hydroxyl groups is 1. The first-order valence-electron chi connectivity index (χ1n) is 9.32. The third-order valence-corrected chi connectivity index (χ3v) is 5.26. The number of hydrogen-bond acceptors (Lipinski definition) is 5. The van der Waals surface area contributed by atoms with Gasteiger partial charge >= 0.3 is 0 Å². The topological polar surface area (TPSA) is 78.7 Å². The number of aromatic nitrogens is 2. The molecule has 1 aromatic carbocycles. The van der Waals surface area contributed by atoms with Crippen LogP contribution in [0.4, 0.5) is 4.39 Å². The van der Waals surface area contributed by atoms with Gasteiger partial charge in [-0.15, -0.1) is 0 Å². The quantitative estimate of drug-likeness (QED) is 0.473. The minimum Gasteiger partial charge on any atom is -0.507 e. The molecule has 1 aromatic heterocycles. The Hall–Kier alpha value is -3.00. The Labute approximate surface area is 169 Å². The first-order chi connectivity index (χ1) is 13.6. The van der Waals surface area contributed by atoms with Crippen molar-refractivity contribution in [2.45, 2.75) is 19.9 Å². The smallest absolute Gasteiger partial charge is 0.295 e. The predicted molar refractivity (Wildman–Crippen MR) is 107 cm³/mol. The number of rotatable bonds is 5. The molecule has 0 radical (unpaired) electrons. The molecule has 1 aliphatic heterocycles. The van der Waals surface area contributed by atoms with Gasteiger partial charge in [0.1, 0.15) is 11.6 Å². The number of ketones is 1. The number of hydrogen-bond donors (Lipinski definition) is 1. The highest BCUT2D eigenvalue weighted by molar-refractivity contribution is 6.46. The second kappa shape index (κ2) is 7.79. The first kappa shape index (κ1) is 20.7. The van der Waals surface area contributed by atoms with Gasteiger partial charge < -0.3 is 14.9 Å². The van der Waals surface area contributed by atoms with E-state index < -0.39 is 23.5 Å². The van der Waals surface area contributed by atoms with Crippen LogP contribution in [-0.4, -0.2) is 63.6 Å². The van der Waals surface area contributed by atoms with E-state index in [0.717, 1.165) is 0 Å². The summed E-state index contributed by atoms with van der Waals surface area (Å²) in [6.45, 7) is 4.35. The molecule has 7 nitrogen and oxygen atoms in total. The number of carbonyl (C=O) groups excluding carboxylic acids is 2.